The predicted molar refractivity (Wildman–Crippen MR) is 190 cm³/mol. The van der Waals surface area contributed by atoms with Crippen LogP contribution in [0.4, 0.5) is 0 Å². The first-order valence-electron chi connectivity index (χ1n) is 15.0. The minimum absolute atomic E-state index is 0.413. The Bertz CT molecular complexity index is 1330. The van der Waals surface area contributed by atoms with E-state index in [-0.39, 0.29) is 0 Å². The molecule has 0 fully saturated rings. The summed E-state index contributed by atoms with van der Waals surface area (Å²) in [4.78, 5) is 0. The first-order chi connectivity index (χ1) is 19.7. The SMILES string of the molecule is CCCCC(CC)CSc1ccc(-c2c3ccsc3c(-c3ccc(SCC(CC)CCCC)[se]3)c3ccsc23)[se]1. The van der Waals surface area contributed by atoms with E-state index >= 15 is 0 Å². The van der Waals surface area contributed by atoms with Gasteiger partial charge in [0.15, 0.2) is 0 Å². The Kier molecular flexibility index (Phi) is 12.1. The van der Waals surface area contributed by atoms with Crippen LogP contribution in [0.15, 0.2) is 54.7 Å². The van der Waals surface area contributed by atoms with Gasteiger partial charge in [0.1, 0.15) is 0 Å². The molecule has 2 unspecified atom stereocenters. The molecule has 4 heterocycles. The van der Waals surface area contributed by atoms with Gasteiger partial charge in [0.2, 0.25) is 0 Å². The number of thioether (sulfide) groups is 2. The molecule has 2 atom stereocenters. The van der Waals surface area contributed by atoms with Crippen LogP contribution in [0.3, 0.4) is 0 Å². The second-order valence-electron chi connectivity index (χ2n) is 10.8. The van der Waals surface area contributed by atoms with E-state index in [9.17, 15) is 0 Å². The van der Waals surface area contributed by atoms with Crippen molar-refractivity contribution < 1.29 is 0 Å². The van der Waals surface area contributed by atoms with E-state index in [1.54, 1.807) is 16.4 Å². The van der Waals surface area contributed by atoms with Crippen molar-refractivity contribution in [3.63, 3.8) is 0 Å². The van der Waals surface area contributed by atoms with E-state index < -0.39 is 0 Å². The molecule has 0 radical (unpaired) electrons. The molecule has 214 valence electrons. The fraction of sp³-hybridized carbons (Fsp3) is 0.471. The maximum atomic E-state index is 2.46. The molecular formula is C34H42S4Se2. The number of hydrogen-bond acceptors (Lipinski definition) is 4. The molecule has 5 aromatic rings. The van der Waals surface area contributed by atoms with Crippen molar-refractivity contribution in [1.82, 2.24) is 0 Å². The van der Waals surface area contributed by atoms with Crippen molar-refractivity contribution >= 4 is 95.4 Å². The van der Waals surface area contributed by atoms with Crippen molar-refractivity contribution in [2.75, 3.05) is 11.5 Å². The third-order valence-corrected chi connectivity index (χ3v) is 18.1. The summed E-state index contributed by atoms with van der Waals surface area (Å²) in [7, 11) is 0. The molecule has 0 saturated heterocycles. The number of unbranched alkanes of at least 4 members (excludes halogenated alkanes) is 2. The molecule has 0 N–H and O–H groups in total. The van der Waals surface area contributed by atoms with Crippen LogP contribution >= 0.6 is 46.2 Å². The monoisotopic (exact) mass is 738 g/mol. The van der Waals surface area contributed by atoms with E-state index in [4.69, 9.17) is 0 Å². The molecule has 4 aromatic heterocycles. The second kappa shape index (κ2) is 15.5. The summed E-state index contributed by atoms with van der Waals surface area (Å²) >= 11 is 9.02. The van der Waals surface area contributed by atoms with Crippen LogP contribution < -0.4 is 0 Å². The van der Waals surface area contributed by atoms with E-state index in [1.165, 1.54) is 94.2 Å². The Hall–Kier alpha value is -0.161. The Morgan fingerprint density at radius 3 is 1.48 bits per heavy atom. The summed E-state index contributed by atoms with van der Waals surface area (Å²) in [5.74, 6) is 4.29. The van der Waals surface area contributed by atoms with E-state index in [2.05, 4.69) is 98.4 Å². The molecule has 0 spiro atoms. The zero-order valence-corrected chi connectivity index (χ0v) is 31.0. The van der Waals surface area contributed by atoms with Crippen LogP contribution in [0.25, 0.3) is 40.2 Å². The van der Waals surface area contributed by atoms with Crippen molar-refractivity contribution in [3.8, 4) is 20.0 Å². The van der Waals surface area contributed by atoms with Gasteiger partial charge in [0.05, 0.1) is 0 Å². The Morgan fingerprint density at radius 2 is 1.07 bits per heavy atom. The number of benzene rings is 1. The van der Waals surface area contributed by atoms with Crippen molar-refractivity contribution in [2.24, 2.45) is 11.8 Å². The van der Waals surface area contributed by atoms with Gasteiger partial charge in [-0.3, -0.25) is 0 Å². The number of thiophene rings is 2. The van der Waals surface area contributed by atoms with Gasteiger partial charge in [0, 0.05) is 0 Å². The average Bonchev–Trinajstić information content (AvgIpc) is 3.79. The fourth-order valence-electron chi connectivity index (χ4n) is 5.39. The zero-order chi connectivity index (χ0) is 27.9. The van der Waals surface area contributed by atoms with Gasteiger partial charge in [-0.25, -0.2) is 0 Å². The Balaban J connectivity index is 1.42. The van der Waals surface area contributed by atoms with Crippen molar-refractivity contribution in [3.05, 3.63) is 47.2 Å². The molecule has 0 bridgehead atoms. The normalized spacial score (nSPS) is 13.5. The van der Waals surface area contributed by atoms with E-state index in [0.717, 1.165) is 11.8 Å². The summed E-state index contributed by atoms with van der Waals surface area (Å²) < 4.78 is 9.41. The topological polar surface area (TPSA) is 0 Å². The van der Waals surface area contributed by atoms with E-state index in [1.807, 2.05) is 22.7 Å². The van der Waals surface area contributed by atoms with Crippen LogP contribution in [-0.4, -0.2) is 40.5 Å². The van der Waals surface area contributed by atoms with Gasteiger partial charge in [-0.05, 0) is 0 Å². The van der Waals surface area contributed by atoms with Gasteiger partial charge >= 0.3 is 272 Å². The predicted octanol–water partition coefficient (Wildman–Crippen LogP) is 12.2. The van der Waals surface area contributed by atoms with Crippen LogP contribution in [0, 0.1) is 11.8 Å². The number of fused-ring (bicyclic) bond motifs is 2. The van der Waals surface area contributed by atoms with Crippen LogP contribution in [0.1, 0.15) is 79.1 Å². The molecule has 0 saturated carbocycles. The van der Waals surface area contributed by atoms with Gasteiger partial charge < -0.3 is 0 Å². The van der Waals surface area contributed by atoms with Crippen LogP contribution in [0.5, 0.6) is 0 Å². The first kappa shape index (κ1) is 31.3. The summed E-state index contributed by atoms with van der Waals surface area (Å²) in [6.45, 7) is 9.37. The minimum atomic E-state index is 0.413. The Labute approximate surface area is 270 Å². The van der Waals surface area contributed by atoms with Gasteiger partial charge in [-0.1, -0.05) is 0 Å². The van der Waals surface area contributed by atoms with E-state index in [0.29, 0.717) is 29.0 Å². The molecule has 1 aromatic carbocycles. The molecule has 0 nitrogen and oxygen atoms in total. The molecule has 40 heavy (non-hydrogen) atoms. The van der Waals surface area contributed by atoms with Gasteiger partial charge in [0.25, 0.3) is 0 Å². The molecular weight excluding hydrogens is 695 g/mol. The third-order valence-electron chi connectivity index (χ3n) is 7.99. The molecule has 0 aliphatic heterocycles. The fourth-order valence-corrected chi connectivity index (χ4v) is 15.6. The molecule has 0 aliphatic carbocycles. The van der Waals surface area contributed by atoms with Crippen molar-refractivity contribution in [1.29, 1.82) is 0 Å². The number of rotatable bonds is 16. The first-order valence-corrected chi connectivity index (χ1v) is 22.2. The summed E-state index contributed by atoms with van der Waals surface area (Å²) in [5, 5.41) is 7.64. The Morgan fingerprint density at radius 1 is 0.625 bits per heavy atom. The average molecular weight is 737 g/mol. The third kappa shape index (κ3) is 7.31. The molecule has 0 aliphatic rings. The summed E-state index contributed by atoms with van der Waals surface area (Å²) in [6, 6.07) is 14.6. The second-order valence-corrected chi connectivity index (χ2v) is 20.4. The maximum absolute atomic E-state index is 2.46. The zero-order valence-electron chi connectivity index (χ0n) is 24.3. The standard InChI is InChI=1S/C34H42S4Se2/c1-5-9-11-23(7-3)21-37-29-15-13-27(39-29)31-25-17-19-36-34(25)32(26-18-20-35-33(26)31)28-14-16-30(40-28)38-22-24(8-4)12-10-6-2/h13-20,23-24H,5-12,21-22H2,1-4H3. The van der Waals surface area contributed by atoms with Gasteiger partial charge in [-0.15, -0.1) is 0 Å². The van der Waals surface area contributed by atoms with Crippen LogP contribution in [0.2, 0.25) is 0 Å². The number of hydrogen-bond donors (Lipinski definition) is 0. The van der Waals surface area contributed by atoms with Crippen molar-refractivity contribution in [2.45, 2.75) is 86.6 Å². The van der Waals surface area contributed by atoms with Gasteiger partial charge in [-0.2, -0.15) is 0 Å². The quantitative estimate of drug-likeness (QED) is 0.0731. The summed E-state index contributed by atoms with van der Waals surface area (Å²) in [6.07, 6.45) is 10.8. The molecule has 5 rings (SSSR count). The molecule has 6 heteroatoms. The summed E-state index contributed by atoms with van der Waals surface area (Å²) in [5.41, 5.74) is 3.07. The van der Waals surface area contributed by atoms with Crippen LogP contribution in [-0.2, 0) is 0 Å². The molecule has 0 amide bonds.